The molecule has 8 heteroatoms. The van der Waals surface area contributed by atoms with Gasteiger partial charge < -0.3 is 4.57 Å². The molecular weight excluding hydrogens is 376 g/mol. The molecule has 8 nitrogen and oxygen atoms in total. The Labute approximate surface area is 173 Å². The summed E-state index contributed by atoms with van der Waals surface area (Å²) in [5, 5.41) is 23.5. The highest BCUT2D eigenvalue weighted by Gasteiger charge is 2.15. The maximum Gasteiger partial charge on any atom is 0.205 e. The van der Waals surface area contributed by atoms with Crippen LogP contribution in [0.1, 0.15) is 30.3 Å². The predicted molar refractivity (Wildman–Crippen MR) is 114 cm³/mol. The van der Waals surface area contributed by atoms with Gasteiger partial charge in [0.15, 0.2) is 5.65 Å². The SMILES string of the molecule is CCCc1nn2ncc(C)c2n1Cc1ccc(-c2ccccc2-c2nn[nH]n2)cc1. The fraction of sp³-hybridized carbons (Fsp3) is 0.227. The molecule has 0 aliphatic rings. The van der Waals surface area contributed by atoms with E-state index in [4.69, 9.17) is 0 Å². The lowest BCUT2D eigenvalue weighted by molar-refractivity contribution is 0.707. The average molecular weight is 398 g/mol. The number of aryl methyl sites for hydroxylation is 2. The van der Waals surface area contributed by atoms with Crippen LogP contribution in [0.2, 0.25) is 0 Å². The standard InChI is InChI=1S/C22H22N8/c1-3-6-20-26-30-22(15(2)13-23-30)29(20)14-16-9-11-17(12-10-16)18-7-4-5-8-19(18)21-24-27-28-25-21/h4-5,7-13H,3,6,14H2,1-2H3,(H,24,25,27,28). The zero-order chi connectivity index (χ0) is 20.5. The van der Waals surface area contributed by atoms with E-state index in [0.717, 1.165) is 53.1 Å². The van der Waals surface area contributed by atoms with Crippen molar-refractivity contribution in [3.05, 3.63) is 71.7 Å². The third kappa shape index (κ3) is 3.16. The van der Waals surface area contributed by atoms with Crippen molar-refractivity contribution in [2.24, 2.45) is 0 Å². The lowest BCUT2D eigenvalue weighted by Crippen LogP contribution is -2.05. The fourth-order valence-electron chi connectivity index (χ4n) is 3.84. The van der Waals surface area contributed by atoms with Crippen molar-refractivity contribution in [3.63, 3.8) is 0 Å². The molecule has 150 valence electrons. The maximum absolute atomic E-state index is 4.67. The molecule has 2 aromatic carbocycles. The van der Waals surface area contributed by atoms with Gasteiger partial charge in [-0.2, -0.15) is 10.3 Å². The molecule has 5 rings (SSSR count). The van der Waals surface area contributed by atoms with Crippen LogP contribution in [0.25, 0.3) is 28.2 Å². The highest BCUT2D eigenvalue weighted by molar-refractivity contribution is 5.80. The normalized spacial score (nSPS) is 11.4. The minimum absolute atomic E-state index is 0.593. The van der Waals surface area contributed by atoms with Crippen molar-refractivity contribution >= 4 is 5.65 Å². The number of H-pyrrole nitrogens is 1. The lowest BCUT2D eigenvalue weighted by Gasteiger charge is -2.10. The molecule has 0 bridgehead atoms. The first-order valence-electron chi connectivity index (χ1n) is 10.1. The molecular formula is C22H22N8. The smallest absolute Gasteiger partial charge is 0.205 e. The van der Waals surface area contributed by atoms with Gasteiger partial charge >= 0.3 is 0 Å². The quantitative estimate of drug-likeness (QED) is 0.471. The summed E-state index contributed by atoms with van der Waals surface area (Å²) in [5.41, 5.74) is 6.56. The molecule has 30 heavy (non-hydrogen) atoms. The average Bonchev–Trinajstić information content (AvgIpc) is 3.49. The van der Waals surface area contributed by atoms with Crippen LogP contribution in [-0.4, -0.2) is 40.0 Å². The highest BCUT2D eigenvalue weighted by atomic mass is 15.5. The second kappa shape index (κ2) is 7.55. The van der Waals surface area contributed by atoms with Crippen LogP contribution in [0.3, 0.4) is 0 Å². The molecule has 3 heterocycles. The Morgan fingerprint density at radius 2 is 1.80 bits per heavy atom. The Morgan fingerprint density at radius 3 is 2.53 bits per heavy atom. The van der Waals surface area contributed by atoms with Crippen molar-refractivity contribution in [3.8, 4) is 22.5 Å². The maximum atomic E-state index is 4.67. The second-order valence-electron chi connectivity index (χ2n) is 7.37. The molecule has 0 atom stereocenters. The number of benzene rings is 2. The van der Waals surface area contributed by atoms with Gasteiger partial charge in [0, 0.05) is 17.5 Å². The van der Waals surface area contributed by atoms with Gasteiger partial charge in [-0.25, -0.2) is 0 Å². The van der Waals surface area contributed by atoms with E-state index in [0.29, 0.717) is 5.82 Å². The van der Waals surface area contributed by atoms with Gasteiger partial charge in [-0.3, -0.25) is 0 Å². The molecule has 1 N–H and O–H groups in total. The number of rotatable bonds is 6. The molecule has 0 saturated carbocycles. The van der Waals surface area contributed by atoms with Crippen LogP contribution in [0.4, 0.5) is 0 Å². The number of aromatic nitrogens is 8. The third-order valence-electron chi connectivity index (χ3n) is 5.27. The first kappa shape index (κ1) is 18.2. The largest absolute Gasteiger partial charge is 0.307 e. The molecule has 0 aliphatic carbocycles. The molecule has 0 saturated heterocycles. The van der Waals surface area contributed by atoms with Crippen molar-refractivity contribution in [1.29, 1.82) is 0 Å². The summed E-state index contributed by atoms with van der Waals surface area (Å²) in [6.45, 7) is 5.01. The molecule has 0 aliphatic heterocycles. The Bertz CT molecular complexity index is 1280. The van der Waals surface area contributed by atoms with E-state index in [9.17, 15) is 0 Å². The van der Waals surface area contributed by atoms with Gasteiger partial charge in [0.05, 0.1) is 12.7 Å². The molecule has 0 spiro atoms. The van der Waals surface area contributed by atoms with Crippen LogP contribution in [0, 0.1) is 6.92 Å². The van der Waals surface area contributed by atoms with Crippen LogP contribution < -0.4 is 0 Å². The Morgan fingerprint density at radius 1 is 1.00 bits per heavy atom. The molecule has 0 fully saturated rings. The molecule has 0 unspecified atom stereocenters. The summed E-state index contributed by atoms with van der Waals surface area (Å²) in [4.78, 5) is 0. The van der Waals surface area contributed by atoms with Crippen LogP contribution >= 0.6 is 0 Å². The van der Waals surface area contributed by atoms with E-state index >= 15 is 0 Å². The van der Waals surface area contributed by atoms with Crippen molar-refractivity contribution in [1.82, 2.24) is 40.0 Å². The Balaban J connectivity index is 1.48. The number of nitrogens with zero attached hydrogens (tertiary/aromatic N) is 7. The van der Waals surface area contributed by atoms with Crippen LogP contribution in [0.5, 0.6) is 0 Å². The van der Waals surface area contributed by atoms with Crippen molar-refractivity contribution in [2.45, 2.75) is 33.2 Å². The highest BCUT2D eigenvalue weighted by Crippen LogP contribution is 2.30. The van der Waals surface area contributed by atoms with Gasteiger partial charge in [0.2, 0.25) is 5.82 Å². The Hall–Kier alpha value is -3.81. The molecule has 3 aromatic heterocycles. The minimum Gasteiger partial charge on any atom is -0.307 e. The zero-order valence-corrected chi connectivity index (χ0v) is 16.9. The number of fused-ring (bicyclic) bond motifs is 1. The summed E-state index contributed by atoms with van der Waals surface area (Å²) in [6, 6.07) is 16.7. The van der Waals surface area contributed by atoms with Gasteiger partial charge in [-0.05, 0) is 35.2 Å². The van der Waals surface area contributed by atoms with Gasteiger partial charge in [-0.15, -0.1) is 19.9 Å². The van der Waals surface area contributed by atoms with E-state index in [1.807, 2.05) is 24.4 Å². The number of hydrogen-bond donors (Lipinski definition) is 1. The van der Waals surface area contributed by atoms with Crippen molar-refractivity contribution in [2.75, 3.05) is 0 Å². The lowest BCUT2D eigenvalue weighted by atomic mass is 9.98. The summed E-state index contributed by atoms with van der Waals surface area (Å²) in [5.74, 6) is 1.66. The molecule has 5 aromatic rings. The summed E-state index contributed by atoms with van der Waals surface area (Å²) in [7, 11) is 0. The number of nitrogens with one attached hydrogen (secondary N) is 1. The summed E-state index contributed by atoms with van der Waals surface area (Å²) in [6.07, 6.45) is 3.84. The van der Waals surface area contributed by atoms with E-state index in [-0.39, 0.29) is 0 Å². The Kier molecular flexibility index (Phi) is 4.59. The zero-order valence-electron chi connectivity index (χ0n) is 16.9. The molecule has 0 radical (unpaired) electrons. The van der Waals surface area contributed by atoms with Gasteiger partial charge in [0.1, 0.15) is 5.82 Å². The first-order valence-corrected chi connectivity index (χ1v) is 10.1. The molecule has 0 amide bonds. The topological polar surface area (TPSA) is 89.6 Å². The van der Waals surface area contributed by atoms with Gasteiger partial charge in [0.25, 0.3) is 0 Å². The first-order chi connectivity index (χ1) is 14.7. The van der Waals surface area contributed by atoms with Crippen LogP contribution in [-0.2, 0) is 13.0 Å². The van der Waals surface area contributed by atoms with E-state index in [1.54, 1.807) is 4.63 Å². The number of hydrogen-bond acceptors (Lipinski definition) is 5. The van der Waals surface area contributed by atoms with E-state index in [2.05, 4.69) is 79.6 Å². The van der Waals surface area contributed by atoms with E-state index < -0.39 is 0 Å². The fourth-order valence-corrected chi connectivity index (χ4v) is 3.84. The minimum atomic E-state index is 0.593. The number of tetrazole rings is 1. The summed E-state index contributed by atoms with van der Waals surface area (Å²) >= 11 is 0. The monoisotopic (exact) mass is 398 g/mol. The van der Waals surface area contributed by atoms with Gasteiger partial charge in [-0.1, -0.05) is 55.5 Å². The van der Waals surface area contributed by atoms with Crippen molar-refractivity contribution < 1.29 is 0 Å². The summed E-state index contributed by atoms with van der Waals surface area (Å²) < 4.78 is 4.02. The third-order valence-corrected chi connectivity index (χ3v) is 5.27. The second-order valence-corrected chi connectivity index (χ2v) is 7.37. The number of aromatic amines is 1. The van der Waals surface area contributed by atoms with Crippen LogP contribution in [0.15, 0.2) is 54.7 Å². The predicted octanol–water partition coefficient (Wildman–Crippen LogP) is 3.69. The van der Waals surface area contributed by atoms with E-state index in [1.165, 1.54) is 5.56 Å².